The van der Waals surface area contributed by atoms with Crippen LogP contribution in [0.5, 0.6) is 5.75 Å². The van der Waals surface area contributed by atoms with Crippen molar-refractivity contribution >= 4 is 35.1 Å². The molecule has 0 aromatic heterocycles. The third-order valence-electron chi connectivity index (χ3n) is 4.50. The summed E-state index contributed by atoms with van der Waals surface area (Å²) in [5.41, 5.74) is 1.75. The molecule has 2 aromatic carbocycles. The Labute approximate surface area is 167 Å². The molecule has 0 saturated carbocycles. The molecule has 5 nitrogen and oxygen atoms in total. The maximum absolute atomic E-state index is 12.6. The zero-order chi connectivity index (χ0) is 19.6. The van der Waals surface area contributed by atoms with Crippen LogP contribution in [0.3, 0.4) is 0 Å². The molecular formula is C20H19Cl2NO4. The van der Waals surface area contributed by atoms with Crippen LogP contribution in [0.2, 0.25) is 10.0 Å². The van der Waals surface area contributed by atoms with Crippen LogP contribution < -0.4 is 4.74 Å². The lowest BCUT2D eigenvalue weighted by Gasteiger charge is -2.18. The Morgan fingerprint density at radius 1 is 1.11 bits per heavy atom. The Bertz CT molecular complexity index is 878. The van der Waals surface area contributed by atoms with Crippen LogP contribution in [-0.4, -0.2) is 41.1 Å². The highest BCUT2D eigenvalue weighted by atomic mass is 35.5. The maximum Gasteiger partial charge on any atom is 0.344 e. The molecule has 2 aromatic rings. The minimum absolute atomic E-state index is 0.0777. The Hall–Kier alpha value is -2.24. The SMILES string of the molecule is C[C@H](Oc1ccc(Cl)cc1-c1ccc(C(=O)N2CCCC2)c(Cl)c1)C(=O)O. The van der Waals surface area contributed by atoms with E-state index in [1.54, 1.807) is 41.3 Å². The molecule has 0 bridgehead atoms. The number of ether oxygens (including phenoxy) is 1. The van der Waals surface area contributed by atoms with Crippen molar-refractivity contribution in [3.05, 3.63) is 52.0 Å². The number of benzene rings is 2. The van der Waals surface area contributed by atoms with Crippen LogP contribution in [0.1, 0.15) is 30.1 Å². The van der Waals surface area contributed by atoms with E-state index in [0.29, 0.717) is 32.5 Å². The van der Waals surface area contributed by atoms with Gasteiger partial charge in [-0.25, -0.2) is 4.79 Å². The first-order chi connectivity index (χ1) is 12.9. The standard InChI is InChI=1S/C20H19Cl2NO4/c1-12(20(25)26)27-18-7-5-14(21)11-16(18)13-4-6-15(17(22)10-13)19(24)23-8-2-3-9-23/h4-7,10-12H,2-3,8-9H2,1H3,(H,25,26)/t12-/m0/s1. The van der Waals surface area contributed by atoms with Crippen molar-refractivity contribution in [3.8, 4) is 16.9 Å². The van der Waals surface area contributed by atoms with Gasteiger partial charge in [0, 0.05) is 23.7 Å². The van der Waals surface area contributed by atoms with Crippen LogP contribution in [0, 0.1) is 0 Å². The molecule has 0 unspecified atom stereocenters. The smallest absolute Gasteiger partial charge is 0.344 e. The lowest BCUT2D eigenvalue weighted by atomic mass is 10.0. The highest BCUT2D eigenvalue weighted by molar-refractivity contribution is 6.34. The van der Waals surface area contributed by atoms with Gasteiger partial charge >= 0.3 is 5.97 Å². The first-order valence-electron chi connectivity index (χ1n) is 8.65. The minimum Gasteiger partial charge on any atom is -0.479 e. The number of amides is 1. The molecule has 7 heteroatoms. The Morgan fingerprint density at radius 3 is 2.44 bits per heavy atom. The van der Waals surface area contributed by atoms with E-state index in [1.807, 2.05) is 0 Å². The van der Waals surface area contributed by atoms with Crippen LogP contribution in [0.15, 0.2) is 36.4 Å². The molecule has 1 aliphatic heterocycles. The van der Waals surface area contributed by atoms with Crippen LogP contribution >= 0.6 is 23.2 Å². The molecule has 1 amide bonds. The average molecular weight is 408 g/mol. The van der Waals surface area contributed by atoms with Crippen molar-refractivity contribution in [2.75, 3.05) is 13.1 Å². The Balaban J connectivity index is 1.94. The molecule has 1 N–H and O–H groups in total. The lowest BCUT2D eigenvalue weighted by molar-refractivity contribution is -0.144. The second-order valence-electron chi connectivity index (χ2n) is 6.43. The molecular weight excluding hydrogens is 389 g/mol. The van der Waals surface area contributed by atoms with Gasteiger partial charge in [-0.2, -0.15) is 0 Å². The highest BCUT2D eigenvalue weighted by Crippen LogP contribution is 2.35. The molecule has 1 fully saturated rings. The summed E-state index contributed by atoms with van der Waals surface area (Å²) < 4.78 is 5.54. The fourth-order valence-electron chi connectivity index (χ4n) is 3.02. The highest BCUT2D eigenvalue weighted by Gasteiger charge is 2.22. The first kappa shape index (κ1) is 19.5. The molecule has 0 spiro atoms. The van der Waals surface area contributed by atoms with Crippen molar-refractivity contribution in [2.45, 2.75) is 25.9 Å². The Morgan fingerprint density at radius 2 is 1.81 bits per heavy atom. The third kappa shape index (κ3) is 4.37. The van der Waals surface area contributed by atoms with E-state index in [9.17, 15) is 9.59 Å². The number of aliphatic carboxylic acids is 1. The number of carbonyl (C=O) groups excluding carboxylic acids is 1. The number of likely N-dealkylation sites (tertiary alicyclic amines) is 1. The number of carbonyl (C=O) groups is 2. The quantitative estimate of drug-likeness (QED) is 0.776. The summed E-state index contributed by atoms with van der Waals surface area (Å²) in [7, 11) is 0. The van der Waals surface area contributed by atoms with Gasteiger partial charge in [-0.1, -0.05) is 29.3 Å². The van der Waals surface area contributed by atoms with Crippen LogP contribution in [0.4, 0.5) is 0 Å². The van der Waals surface area contributed by atoms with Crippen molar-refractivity contribution < 1.29 is 19.4 Å². The molecule has 0 radical (unpaired) electrons. The van der Waals surface area contributed by atoms with E-state index < -0.39 is 12.1 Å². The van der Waals surface area contributed by atoms with Gasteiger partial charge in [0.2, 0.25) is 0 Å². The third-order valence-corrected chi connectivity index (χ3v) is 5.04. The van der Waals surface area contributed by atoms with Gasteiger partial charge in [-0.15, -0.1) is 0 Å². The fraction of sp³-hybridized carbons (Fsp3) is 0.300. The van der Waals surface area contributed by atoms with Gasteiger partial charge in [-0.3, -0.25) is 4.79 Å². The lowest BCUT2D eigenvalue weighted by Crippen LogP contribution is -2.27. The summed E-state index contributed by atoms with van der Waals surface area (Å²) in [5.74, 6) is -0.768. The van der Waals surface area contributed by atoms with Gasteiger partial charge in [0.15, 0.2) is 6.10 Å². The van der Waals surface area contributed by atoms with Crippen molar-refractivity contribution in [3.63, 3.8) is 0 Å². The molecule has 1 saturated heterocycles. The largest absolute Gasteiger partial charge is 0.479 e. The Kier molecular flexibility index (Phi) is 5.92. The number of rotatable bonds is 5. The van der Waals surface area contributed by atoms with E-state index in [-0.39, 0.29) is 5.91 Å². The number of hydrogen-bond acceptors (Lipinski definition) is 3. The van der Waals surface area contributed by atoms with E-state index in [1.165, 1.54) is 6.92 Å². The predicted octanol–water partition coefficient (Wildman–Crippen LogP) is 4.75. The molecule has 1 heterocycles. The molecule has 0 aliphatic carbocycles. The first-order valence-corrected chi connectivity index (χ1v) is 9.40. The van der Waals surface area contributed by atoms with Gasteiger partial charge < -0.3 is 14.7 Å². The molecule has 27 heavy (non-hydrogen) atoms. The zero-order valence-electron chi connectivity index (χ0n) is 14.7. The van der Waals surface area contributed by atoms with E-state index >= 15 is 0 Å². The number of hydrogen-bond donors (Lipinski definition) is 1. The molecule has 1 atom stereocenters. The number of halogens is 2. The number of carboxylic acids is 1. The van der Waals surface area contributed by atoms with Gasteiger partial charge in [0.1, 0.15) is 5.75 Å². The van der Waals surface area contributed by atoms with Crippen LogP contribution in [0.25, 0.3) is 11.1 Å². The average Bonchev–Trinajstić information content (AvgIpc) is 3.17. The summed E-state index contributed by atoms with van der Waals surface area (Å²) in [6.07, 6.45) is 0.996. The second-order valence-corrected chi connectivity index (χ2v) is 7.28. The van der Waals surface area contributed by atoms with E-state index in [0.717, 1.165) is 25.9 Å². The fourth-order valence-corrected chi connectivity index (χ4v) is 3.45. The topological polar surface area (TPSA) is 66.8 Å². The monoisotopic (exact) mass is 407 g/mol. The zero-order valence-corrected chi connectivity index (χ0v) is 16.3. The molecule has 1 aliphatic rings. The normalized spacial score (nSPS) is 14.9. The maximum atomic E-state index is 12.6. The van der Waals surface area contributed by atoms with Crippen molar-refractivity contribution in [1.29, 1.82) is 0 Å². The summed E-state index contributed by atoms with van der Waals surface area (Å²) >= 11 is 12.5. The molecule has 3 rings (SSSR count). The summed E-state index contributed by atoms with van der Waals surface area (Å²) in [6, 6.07) is 10.0. The second kappa shape index (κ2) is 8.19. The van der Waals surface area contributed by atoms with Gasteiger partial charge in [0.25, 0.3) is 5.91 Å². The van der Waals surface area contributed by atoms with Gasteiger partial charge in [0.05, 0.1) is 10.6 Å². The summed E-state index contributed by atoms with van der Waals surface area (Å²) in [5, 5.41) is 9.91. The minimum atomic E-state index is -1.07. The summed E-state index contributed by atoms with van der Waals surface area (Å²) in [4.78, 5) is 25.5. The predicted molar refractivity (Wildman–Crippen MR) is 105 cm³/mol. The van der Waals surface area contributed by atoms with Gasteiger partial charge in [-0.05, 0) is 55.7 Å². The van der Waals surface area contributed by atoms with Crippen LogP contribution in [-0.2, 0) is 4.79 Å². The van der Waals surface area contributed by atoms with E-state index in [2.05, 4.69) is 0 Å². The van der Waals surface area contributed by atoms with Crippen molar-refractivity contribution in [1.82, 2.24) is 4.90 Å². The number of carboxylic acid groups (broad SMARTS) is 1. The molecule has 142 valence electrons. The number of nitrogens with zero attached hydrogens (tertiary/aromatic N) is 1. The summed E-state index contributed by atoms with van der Waals surface area (Å²) in [6.45, 7) is 2.94. The van der Waals surface area contributed by atoms with Crippen molar-refractivity contribution in [2.24, 2.45) is 0 Å². The van der Waals surface area contributed by atoms with E-state index in [4.69, 9.17) is 33.0 Å².